The molecule has 0 bridgehead atoms. The minimum Gasteiger partial charge on any atom is -0.302 e. The van der Waals surface area contributed by atoms with Gasteiger partial charge in [-0.25, -0.2) is 4.98 Å². The largest absolute Gasteiger partial charge is 0.302 e. The number of amides is 1. The van der Waals surface area contributed by atoms with Gasteiger partial charge < -0.3 is 5.32 Å². The molecule has 2 N–H and O–H groups in total. The van der Waals surface area contributed by atoms with E-state index in [1.54, 1.807) is 24.5 Å². The van der Waals surface area contributed by atoms with Crippen molar-refractivity contribution in [3.63, 3.8) is 0 Å². The van der Waals surface area contributed by atoms with Crippen molar-refractivity contribution in [2.45, 2.75) is 12.8 Å². The van der Waals surface area contributed by atoms with E-state index < -0.39 is 0 Å². The van der Waals surface area contributed by atoms with Crippen molar-refractivity contribution < 1.29 is 4.79 Å². The summed E-state index contributed by atoms with van der Waals surface area (Å²) in [6, 6.07) is 15.4. The van der Waals surface area contributed by atoms with E-state index in [2.05, 4.69) is 26.6 Å². The van der Waals surface area contributed by atoms with Crippen LogP contribution < -0.4 is 5.32 Å². The smallest absolute Gasteiger partial charge is 0.230 e. The highest BCUT2D eigenvalue weighted by Crippen LogP contribution is 2.22. The van der Waals surface area contributed by atoms with Crippen molar-refractivity contribution >= 4 is 33.3 Å². The Morgan fingerprint density at radius 3 is 2.78 bits per heavy atom. The first kappa shape index (κ1) is 16.9. The molecule has 132 valence electrons. The lowest BCUT2D eigenvalue weighted by Crippen LogP contribution is -2.14. The van der Waals surface area contributed by atoms with Crippen LogP contribution in [-0.2, 0) is 17.6 Å². The maximum atomic E-state index is 12.3. The maximum Gasteiger partial charge on any atom is 0.230 e. The summed E-state index contributed by atoms with van der Waals surface area (Å²) in [7, 11) is 0. The van der Waals surface area contributed by atoms with Crippen molar-refractivity contribution in [1.82, 2.24) is 15.2 Å². The van der Waals surface area contributed by atoms with Crippen molar-refractivity contribution in [2.24, 2.45) is 0 Å². The zero-order valence-electron chi connectivity index (χ0n) is 14.3. The lowest BCUT2D eigenvalue weighted by atomic mass is 10.1. The second kappa shape index (κ2) is 7.40. The van der Waals surface area contributed by atoms with Gasteiger partial charge in [0.25, 0.3) is 0 Å². The second-order valence-corrected chi connectivity index (χ2v) is 7.25. The number of nitrogens with zero attached hydrogens (tertiary/aromatic N) is 3. The fraction of sp³-hybridized carbons (Fsp3) is 0.100. The van der Waals surface area contributed by atoms with Gasteiger partial charge in [0, 0.05) is 22.9 Å². The Kier molecular flexibility index (Phi) is 4.64. The fourth-order valence-electron chi connectivity index (χ4n) is 2.79. The molecule has 4 rings (SSSR count). The third-order valence-corrected chi connectivity index (χ3v) is 5.05. The first-order valence-electron chi connectivity index (χ1n) is 8.35. The number of hydrogen-bond donors (Lipinski definition) is 2. The monoisotopic (exact) mass is 373 g/mol. The fourth-order valence-corrected chi connectivity index (χ4v) is 3.65. The molecule has 0 unspecified atom stereocenters. The van der Waals surface area contributed by atoms with Crippen LogP contribution in [0, 0.1) is 11.3 Å². The second-order valence-electron chi connectivity index (χ2n) is 6.13. The molecule has 0 aliphatic rings. The average molecular weight is 373 g/mol. The molecule has 1 amide bonds. The van der Waals surface area contributed by atoms with Gasteiger partial charge in [-0.3, -0.25) is 9.89 Å². The van der Waals surface area contributed by atoms with Gasteiger partial charge in [0.05, 0.1) is 29.8 Å². The van der Waals surface area contributed by atoms with Gasteiger partial charge in [0.1, 0.15) is 0 Å². The van der Waals surface area contributed by atoms with Gasteiger partial charge in [0.2, 0.25) is 5.91 Å². The molecular formula is C20H15N5OS. The van der Waals surface area contributed by atoms with Gasteiger partial charge in [-0.05, 0) is 29.3 Å². The van der Waals surface area contributed by atoms with E-state index in [4.69, 9.17) is 5.26 Å². The van der Waals surface area contributed by atoms with Crippen molar-refractivity contribution in [3.8, 4) is 6.07 Å². The van der Waals surface area contributed by atoms with Crippen molar-refractivity contribution in [2.75, 3.05) is 5.32 Å². The molecule has 0 fully saturated rings. The Labute approximate surface area is 159 Å². The van der Waals surface area contributed by atoms with Gasteiger partial charge in [-0.2, -0.15) is 10.4 Å². The number of carbonyl (C=O) groups is 1. The van der Waals surface area contributed by atoms with Crippen LogP contribution >= 0.6 is 11.3 Å². The number of benzene rings is 2. The third kappa shape index (κ3) is 4.02. The normalized spacial score (nSPS) is 10.6. The Bertz CT molecular complexity index is 1140. The summed E-state index contributed by atoms with van der Waals surface area (Å²) in [6.45, 7) is 0. The molecule has 2 heterocycles. The molecule has 2 aromatic heterocycles. The SMILES string of the molecule is N#Cc1ccc(Cc2cnc(NC(=O)Cc3ccc4cn[nH]c4c3)s2)cc1. The molecule has 0 aliphatic heterocycles. The molecule has 0 radical (unpaired) electrons. The summed E-state index contributed by atoms with van der Waals surface area (Å²) in [5, 5.41) is 20.2. The summed E-state index contributed by atoms with van der Waals surface area (Å²) < 4.78 is 0. The average Bonchev–Trinajstić information content (AvgIpc) is 3.31. The number of fused-ring (bicyclic) bond motifs is 1. The maximum absolute atomic E-state index is 12.3. The Morgan fingerprint density at radius 2 is 1.96 bits per heavy atom. The first-order chi connectivity index (χ1) is 13.2. The molecule has 4 aromatic rings. The number of thiazole rings is 1. The van der Waals surface area contributed by atoms with Crippen LogP contribution in [0.15, 0.2) is 54.9 Å². The van der Waals surface area contributed by atoms with Crippen LogP contribution in [0.25, 0.3) is 10.9 Å². The molecule has 2 aromatic carbocycles. The molecule has 0 saturated carbocycles. The molecule has 0 aliphatic carbocycles. The van der Waals surface area contributed by atoms with Crippen molar-refractivity contribution in [1.29, 1.82) is 5.26 Å². The van der Waals surface area contributed by atoms with E-state index in [9.17, 15) is 4.79 Å². The third-order valence-electron chi connectivity index (χ3n) is 4.13. The van der Waals surface area contributed by atoms with Gasteiger partial charge in [0.15, 0.2) is 5.13 Å². The highest BCUT2D eigenvalue weighted by Gasteiger charge is 2.09. The van der Waals surface area contributed by atoms with E-state index in [1.165, 1.54) is 11.3 Å². The predicted molar refractivity (Wildman–Crippen MR) is 105 cm³/mol. The summed E-state index contributed by atoms with van der Waals surface area (Å²) >= 11 is 1.46. The number of aromatic amines is 1. The molecule has 27 heavy (non-hydrogen) atoms. The Balaban J connectivity index is 1.37. The van der Waals surface area contributed by atoms with Crippen LogP contribution in [0.1, 0.15) is 21.6 Å². The number of nitriles is 1. The number of rotatable bonds is 5. The van der Waals surface area contributed by atoms with Crippen LogP contribution in [-0.4, -0.2) is 21.1 Å². The Morgan fingerprint density at radius 1 is 1.15 bits per heavy atom. The van der Waals surface area contributed by atoms with Crippen LogP contribution in [0.5, 0.6) is 0 Å². The minimum absolute atomic E-state index is 0.104. The first-order valence-corrected chi connectivity index (χ1v) is 9.17. The summed E-state index contributed by atoms with van der Waals surface area (Å²) in [5.41, 5.74) is 3.57. The van der Waals surface area contributed by atoms with E-state index in [0.717, 1.165) is 33.3 Å². The van der Waals surface area contributed by atoms with E-state index >= 15 is 0 Å². The number of hydrogen-bond acceptors (Lipinski definition) is 5. The van der Waals surface area contributed by atoms with E-state index in [0.29, 0.717) is 10.7 Å². The van der Waals surface area contributed by atoms with Crippen LogP contribution in [0.2, 0.25) is 0 Å². The molecule has 0 saturated heterocycles. The van der Waals surface area contributed by atoms with Crippen LogP contribution in [0.4, 0.5) is 5.13 Å². The molecule has 6 nitrogen and oxygen atoms in total. The number of carbonyl (C=O) groups excluding carboxylic acids is 1. The summed E-state index contributed by atoms with van der Waals surface area (Å²) in [5.74, 6) is -0.104. The van der Waals surface area contributed by atoms with Gasteiger partial charge in [-0.15, -0.1) is 11.3 Å². The Hall–Kier alpha value is -3.50. The number of anilines is 1. The highest BCUT2D eigenvalue weighted by atomic mass is 32.1. The van der Waals surface area contributed by atoms with E-state index in [1.807, 2.05) is 30.3 Å². The lowest BCUT2D eigenvalue weighted by Gasteiger charge is -2.02. The quantitative estimate of drug-likeness (QED) is 0.558. The molecule has 0 spiro atoms. The standard InChI is InChI=1S/C20H15N5OS/c21-10-14-3-1-13(2-4-14)7-17-12-22-20(27-17)24-19(26)9-15-5-6-16-11-23-25-18(16)8-15/h1-6,8,11-12H,7,9H2,(H,23,25)(H,22,24,26). The molecular weight excluding hydrogens is 358 g/mol. The van der Waals surface area contributed by atoms with Gasteiger partial charge in [-0.1, -0.05) is 24.3 Å². The van der Waals surface area contributed by atoms with Crippen molar-refractivity contribution in [3.05, 3.63) is 76.4 Å². The summed E-state index contributed by atoms with van der Waals surface area (Å²) in [4.78, 5) is 17.6. The van der Waals surface area contributed by atoms with Gasteiger partial charge >= 0.3 is 0 Å². The molecule has 0 atom stereocenters. The predicted octanol–water partition coefficient (Wildman–Crippen LogP) is 3.66. The molecule has 7 heteroatoms. The summed E-state index contributed by atoms with van der Waals surface area (Å²) in [6.07, 6.45) is 4.52. The van der Waals surface area contributed by atoms with Crippen LogP contribution in [0.3, 0.4) is 0 Å². The number of H-pyrrole nitrogens is 1. The topological polar surface area (TPSA) is 94.5 Å². The van der Waals surface area contributed by atoms with E-state index in [-0.39, 0.29) is 12.3 Å². The number of aromatic nitrogens is 3. The minimum atomic E-state index is -0.104. The zero-order valence-corrected chi connectivity index (χ0v) is 15.1. The highest BCUT2D eigenvalue weighted by molar-refractivity contribution is 7.15. The number of nitrogens with one attached hydrogen (secondary N) is 2. The lowest BCUT2D eigenvalue weighted by molar-refractivity contribution is -0.115. The zero-order chi connectivity index (χ0) is 18.6.